The molecule has 0 amide bonds. The summed E-state index contributed by atoms with van der Waals surface area (Å²) in [4.78, 5) is 23.6. The van der Waals surface area contributed by atoms with Crippen LogP contribution >= 0.6 is 0 Å². The van der Waals surface area contributed by atoms with Crippen molar-refractivity contribution in [3.63, 3.8) is 0 Å². The quantitative estimate of drug-likeness (QED) is 0.135. The Morgan fingerprint density at radius 3 is 2.14 bits per heavy atom. The van der Waals surface area contributed by atoms with E-state index in [1.54, 1.807) is 0 Å². The Labute approximate surface area is 197 Å². The molecule has 0 saturated carbocycles. The highest BCUT2D eigenvalue weighted by atomic mass is 16.8. The van der Waals surface area contributed by atoms with Crippen LogP contribution in [-0.2, 0) is 28.5 Å². The third-order valence-corrected chi connectivity index (χ3v) is 5.47. The highest BCUT2D eigenvalue weighted by molar-refractivity contribution is 5.87. The SMILES string of the molecule is O=C(C=Cc1ccc(O)cc1)OC1OC(CO)C(O)C(O)C1OC1OC(C(=O)O)C(O)C(O)C1O. The van der Waals surface area contributed by atoms with Crippen molar-refractivity contribution in [1.29, 1.82) is 0 Å². The summed E-state index contributed by atoms with van der Waals surface area (Å²) in [7, 11) is 0. The number of carboxylic acids is 1. The molecule has 2 saturated heterocycles. The van der Waals surface area contributed by atoms with Gasteiger partial charge >= 0.3 is 11.9 Å². The van der Waals surface area contributed by atoms with Crippen LogP contribution in [0.25, 0.3) is 6.08 Å². The first-order chi connectivity index (χ1) is 16.5. The van der Waals surface area contributed by atoms with Gasteiger partial charge in [-0.2, -0.15) is 0 Å². The molecule has 0 bridgehead atoms. The van der Waals surface area contributed by atoms with Crippen LogP contribution in [-0.4, -0.2) is 121 Å². The largest absolute Gasteiger partial charge is 0.508 e. The molecule has 10 atom stereocenters. The van der Waals surface area contributed by atoms with E-state index in [9.17, 15) is 50.4 Å². The Balaban J connectivity index is 1.77. The lowest BCUT2D eigenvalue weighted by Crippen LogP contribution is -2.65. The van der Waals surface area contributed by atoms with Crippen molar-refractivity contribution in [2.45, 2.75) is 61.4 Å². The van der Waals surface area contributed by atoms with Gasteiger partial charge in [0.1, 0.15) is 42.4 Å². The highest BCUT2D eigenvalue weighted by Crippen LogP contribution is 2.30. The van der Waals surface area contributed by atoms with Crippen molar-refractivity contribution in [2.75, 3.05) is 6.61 Å². The molecule has 2 aliphatic rings. The lowest BCUT2D eigenvalue weighted by atomic mass is 9.97. The monoisotopic (exact) mass is 502 g/mol. The van der Waals surface area contributed by atoms with E-state index in [-0.39, 0.29) is 5.75 Å². The molecule has 1 aromatic rings. The molecule has 10 unspecified atom stereocenters. The molecule has 0 aromatic heterocycles. The molecule has 194 valence electrons. The van der Waals surface area contributed by atoms with Gasteiger partial charge in [-0.3, -0.25) is 0 Å². The Hall–Kier alpha value is -2.66. The van der Waals surface area contributed by atoms with Crippen molar-refractivity contribution in [2.24, 2.45) is 0 Å². The molecule has 1 aromatic carbocycles. The topological polar surface area (TPSA) is 233 Å². The van der Waals surface area contributed by atoms with E-state index in [1.165, 1.54) is 30.3 Å². The first-order valence-electron chi connectivity index (χ1n) is 10.4. The molecule has 2 fully saturated rings. The zero-order chi connectivity index (χ0) is 25.9. The maximum atomic E-state index is 12.3. The fraction of sp³-hybridized carbons (Fsp3) is 0.524. The van der Waals surface area contributed by atoms with Crippen LogP contribution in [0.4, 0.5) is 0 Å². The summed E-state index contributed by atoms with van der Waals surface area (Å²) in [6, 6.07) is 5.77. The smallest absolute Gasteiger partial charge is 0.335 e. The van der Waals surface area contributed by atoms with E-state index in [0.29, 0.717) is 5.56 Å². The minimum Gasteiger partial charge on any atom is -0.508 e. The second-order valence-electron chi connectivity index (χ2n) is 7.90. The van der Waals surface area contributed by atoms with Crippen molar-refractivity contribution in [1.82, 2.24) is 0 Å². The third-order valence-electron chi connectivity index (χ3n) is 5.47. The van der Waals surface area contributed by atoms with Crippen molar-refractivity contribution in [3.8, 4) is 5.75 Å². The summed E-state index contributed by atoms with van der Waals surface area (Å²) in [5, 5.41) is 78.5. The molecular formula is C21H26O14. The Morgan fingerprint density at radius 1 is 0.886 bits per heavy atom. The molecular weight excluding hydrogens is 476 g/mol. The van der Waals surface area contributed by atoms with E-state index in [2.05, 4.69) is 0 Å². The number of ether oxygens (including phenoxy) is 4. The highest BCUT2D eigenvalue weighted by Gasteiger charge is 2.52. The molecule has 14 nitrogen and oxygen atoms in total. The van der Waals surface area contributed by atoms with Crippen LogP contribution in [0.1, 0.15) is 5.56 Å². The minimum absolute atomic E-state index is 0.0119. The van der Waals surface area contributed by atoms with Gasteiger partial charge in [0, 0.05) is 6.08 Å². The summed E-state index contributed by atoms with van der Waals surface area (Å²) in [6.45, 7) is -0.781. The van der Waals surface area contributed by atoms with Crippen LogP contribution in [0.15, 0.2) is 30.3 Å². The number of aromatic hydroxyl groups is 1. The van der Waals surface area contributed by atoms with Crippen LogP contribution in [0.3, 0.4) is 0 Å². The van der Waals surface area contributed by atoms with Gasteiger partial charge in [-0.1, -0.05) is 12.1 Å². The molecule has 0 radical (unpaired) electrons. The Kier molecular flexibility index (Phi) is 8.76. The number of phenols is 1. The number of carbonyl (C=O) groups excluding carboxylic acids is 1. The summed E-state index contributed by atoms with van der Waals surface area (Å²) in [5.41, 5.74) is 0.520. The first-order valence-corrected chi connectivity index (χ1v) is 10.4. The van der Waals surface area contributed by atoms with Gasteiger partial charge in [0.2, 0.25) is 6.29 Å². The van der Waals surface area contributed by atoms with E-state index in [0.717, 1.165) is 6.08 Å². The summed E-state index contributed by atoms with van der Waals surface area (Å²) >= 11 is 0. The third kappa shape index (κ3) is 6.13. The average molecular weight is 502 g/mol. The van der Waals surface area contributed by atoms with E-state index in [4.69, 9.17) is 18.9 Å². The zero-order valence-corrected chi connectivity index (χ0v) is 18.0. The van der Waals surface area contributed by atoms with E-state index >= 15 is 0 Å². The van der Waals surface area contributed by atoms with Crippen molar-refractivity contribution < 1.29 is 69.4 Å². The Bertz CT molecular complexity index is 904. The number of hydrogen-bond donors (Lipinski definition) is 8. The first kappa shape index (κ1) is 26.9. The number of hydrogen-bond acceptors (Lipinski definition) is 13. The van der Waals surface area contributed by atoms with Gasteiger partial charge < -0.3 is 59.8 Å². The normalized spacial score (nSPS) is 37.8. The molecule has 0 spiro atoms. The van der Waals surface area contributed by atoms with Crippen molar-refractivity contribution >= 4 is 18.0 Å². The molecule has 3 rings (SSSR count). The predicted octanol–water partition coefficient (Wildman–Crippen LogP) is -3.33. The predicted molar refractivity (Wildman–Crippen MR) is 110 cm³/mol. The number of aliphatic hydroxyl groups excluding tert-OH is 6. The molecule has 2 heterocycles. The van der Waals surface area contributed by atoms with Gasteiger partial charge in [-0.25, -0.2) is 9.59 Å². The van der Waals surface area contributed by atoms with Crippen molar-refractivity contribution in [3.05, 3.63) is 35.9 Å². The lowest BCUT2D eigenvalue weighted by molar-refractivity contribution is -0.358. The van der Waals surface area contributed by atoms with Crippen LogP contribution in [0.2, 0.25) is 0 Å². The van der Waals surface area contributed by atoms with Gasteiger partial charge in [-0.15, -0.1) is 0 Å². The number of aliphatic carboxylic acids is 1. The molecule has 14 heteroatoms. The maximum Gasteiger partial charge on any atom is 0.335 e. The standard InChI is InChI=1S/C21H26O14/c22-7-10-12(25)14(27)18(35-20-16(29)13(26)15(28)17(34-20)19(30)31)21(32-10)33-11(24)6-3-8-1-4-9(23)5-2-8/h1-6,10,12-18,20-23,25-29H,7H2,(H,30,31). The number of benzene rings is 1. The molecule has 0 aliphatic carbocycles. The summed E-state index contributed by atoms with van der Waals surface area (Å²) < 4.78 is 20.8. The number of aliphatic hydroxyl groups is 6. The number of phenolic OH excluding ortho intramolecular Hbond substituents is 1. The second-order valence-corrected chi connectivity index (χ2v) is 7.90. The Morgan fingerprint density at radius 2 is 1.54 bits per heavy atom. The number of esters is 1. The fourth-order valence-electron chi connectivity index (χ4n) is 3.52. The van der Waals surface area contributed by atoms with E-state index in [1.807, 2.05) is 0 Å². The number of carboxylic acid groups (broad SMARTS) is 1. The van der Waals surface area contributed by atoms with Gasteiger partial charge in [-0.05, 0) is 23.8 Å². The number of rotatable bonds is 7. The van der Waals surface area contributed by atoms with Crippen LogP contribution in [0, 0.1) is 0 Å². The fourth-order valence-corrected chi connectivity index (χ4v) is 3.52. The second kappa shape index (κ2) is 11.4. The van der Waals surface area contributed by atoms with Crippen LogP contribution in [0.5, 0.6) is 5.75 Å². The van der Waals surface area contributed by atoms with Gasteiger partial charge in [0.15, 0.2) is 18.5 Å². The zero-order valence-electron chi connectivity index (χ0n) is 18.0. The van der Waals surface area contributed by atoms with Gasteiger partial charge in [0.05, 0.1) is 6.61 Å². The average Bonchev–Trinajstić information content (AvgIpc) is 2.82. The molecule has 35 heavy (non-hydrogen) atoms. The van der Waals surface area contributed by atoms with Gasteiger partial charge in [0.25, 0.3) is 0 Å². The van der Waals surface area contributed by atoms with E-state index < -0.39 is 80.0 Å². The molecule has 2 aliphatic heterocycles. The summed E-state index contributed by atoms with van der Waals surface area (Å²) in [5.74, 6) is -2.68. The van der Waals surface area contributed by atoms with Crippen LogP contribution < -0.4 is 0 Å². The lowest BCUT2D eigenvalue weighted by Gasteiger charge is -2.45. The maximum absolute atomic E-state index is 12.3. The number of carbonyl (C=O) groups is 2. The minimum atomic E-state index is -2.01. The summed E-state index contributed by atoms with van der Waals surface area (Å²) in [6.07, 6.45) is -16.3. The molecule has 8 N–H and O–H groups in total.